The van der Waals surface area contributed by atoms with Crippen molar-refractivity contribution in [1.29, 1.82) is 0 Å². The van der Waals surface area contributed by atoms with Crippen LogP contribution in [0.25, 0.3) is 0 Å². The fourth-order valence-electron chi connectivity index (χ4n) is 1.81. The SMILES string of the molecule is COc1ccc(NCc2occc2C(=O)O)c(C)c1. The molecule has 0 saturated heterocycles. The first-order valence-electron chi connectivity index (χ1n) is 5.80. The molecule has 0 radical (unpaired) electrons. The normalized spacial score (nSPS) is 10.2. The molecule has 0 spiro atoms. The van der Waals surface area contributed by atoms with E-state index in [0.29, 0.717) is 12.3 Å². The van der Waals surface area contributed by atoms with Crippen LogP contribution in [0, 0.1) is 6.92 Å². The zero-order chi connectivity index (χ0) is 13.8. The van der Waals surface area contributed by atoms with E-state index in [9.17, 15) is 4.79 Å². The second-order valence-corrected chi connectivity index (χ2v) is 4.10. The molecule has 2 rings (SSSR count). The molecule has 0 aliphatic heterocycles. The number of hydrogen-bond acceptors (Lipinski definition) is 4. The number of anilines is 1. The smallest absolute Gasteiger partial charge is 0.339 e. The molecule has 0 saturated carbocycles. The number of benzene rings is 1. The quantitative estimate of drug-likeness (QED) is 0.865. The predicted molar refractivity (Wildman–Crippen MR) is 70.7 cm³/mol. The molecule has 1 aromatic heterocycles. The average Bonchev–Trinajstić information content (AvgIpc) is 2.85. The van der Waals surface area contributed by atoms with E-state index in [2.05, 4.69) is 5.32 Å². The number of carboxylic acids is 1. The Bertz CT molecular complexity index is 589. The van der Waals surface area contributed by atoms with Gasteiger partial charge in [0.25, 0.3) is 0 Å². The molecule has 0 unspecified atom stereocenters. The number of furan rings is 1. The van der Waals surface area contributed by atoms with Crippen molar-refractivity contribution in [3.63, 3.8) is 0 Å². The van der Waals surface area contributed by atoms with Gasteiger partial charge in [-0.1, -0.05) is 0 Å². The van der Waals surface area contributed by atoms with Gasteiger partial charge in [0.05, 0.1) is 19.9 Å². The van der Waals surface area contributed by atoms with Gasteiger partial charge in [-0.05, 0) is 36.8 Å². The first kappa shape index (κ1) is 13.0. The van der Waals surface area contributed by atoms with Crippen LogP contribution in [0.2, 0.25) is 0 Å². The summed E-state index contributed by atoms with van der Waals surface area (Å²) < 4.78 is 10.3. The van der Waals surface area contributed by atoms with Crippen LogP contribution in [-0.4, -0.2) is 18.2 Å². The van der Waals surface area contributed by atoms with Gasteiger partial charge in [0.15, 0.2) is 0 Å². The van der Waals surface area contributed by atoms with Gasteiger partial charge in [0, 0.05) is 5.69 Å². The van der Waals surface area contributed by atoms with E-state index in [0.717, 1.165) is 17.0 Å². The molecular weight excluding hydrogens is 246 g/mol. The summed E-state index contributed by atoms with van der Waals surface area (Å²) in [5.74, 6) is 0.201. The van der Waals surface area contributed by atoms with Crippen molar-refractivity contribution in [2.24, 2.45) is 0 Å². The average molecular weight is 261 g/mol. The molecule has 1 aromatic carbocycles. The summed E-state index contributed by atoms with van der Waals surface area (Å²) in [7, 11) is 1.61. The summed E-state index contributed by atoms with van der Waals surface area (Å²) in [5.41, 5.74) is 2.11. The fraction of sp³-hybridized carbons (Fsp3) is 0.214. The summed E-state index contributed by atoms with van der Waals surface area (Å²) in [4.78, 5) is 10.9. The van der Waals surface area contributed by atoms with Crippen LogP contribution in [-0.2, 0) is 6.54 Å². The zero-order valence-electron chi connectivity index (χ0n) is 10.8. The van der Waals surface area contributed by atoms with Crippen LogP contribution < -0.4 is 10.1 Å². The lowest BCUT2D eigenvalue weighted by molar-refractivity contribution is 0.0694. The van der Waals surface area contributed by atoms with Crippen molar-refractivity contribution in [3.8, 4) is 5.75 Å². The molecule has 0 fully saturated rings. The van der Waals surface area contributed by atoms with Crippen LogP contribution in [0.4, 0.5) is 5.69 Å². The van der Waals surface area contributed by atoms with Gasteiger partial charge < -0.3 is 19.6 Å². The van der Waals surface area contributed by atoms with Crippen LogP contribution in [0.5, 0.6) is 5.75 Å². The Balaban J connectivity index is 2.10. The van der Waals surface area contributed by atoms with Crippen LogP contribution in [0.1, 0.15) is 21.7 Å². The molecule has 5 heteroatoms. The molecule has 100 valence electrons. The maximum Gasteiger partial charge on any atom is 0.339 e. The molecule has 0 amide bonds. The van der Waals surface area contributed by atoms with Gasteiger partial charge in [0.2, 0.25) is 0 Å². The first-order chi connectivity index (χ1) is 9.11. The highest BCUT2D eigenvalue weighted by atomic mass is 16.5. The van der Waals surface area contributed by atoms with E-state index in [1.54, 1.807) is 7.11 Å². The number of methoxy groups -OCH3 is 1. The maximum absolute atomic E-state index is 10.9. The number of carboxylic acid groups (broad SMARTS) is 1. The van der Waals surface area contributed by atoms with Gasteiger partial charge in [-0.3, -0.25) is 0 Å². The number of ether oxygens (including phenoxy) is 1. The third kappa shape index (κ3) is 2.88. The maximum atomic E-state index is 10.9. The summed E-state index contributed by atoms with van der Waals surface area (Å²) in [6, 6.07) is 7.08. The minimum atomic E-state index is -0.989. The minimum absolute atomic E-state index is 0.179. The fourth-order valence-corrected chi connectivity index (χ4v) is 1.81. The van der Waals surface area contributed by atoms with Crippen LogP contribution in [0.15, 0.2) is 34.9 Å². The van der Waals surface area contributed by atoms with E-state index in [4.69, 9.17) is 14.3 Å². The number of aromatic carboxylic acids is 1. The van der Waals surface area contributed by atoms with Crippen molar-refractivity contribution in [1.82, 2.24) is 0 Å². The van der Waals surface area contributed by atoms with E-state index >= 15 is 0 Å². The van der Waals surface area contributed by atoms with Crippen molar-refractivity contribution in [2.75, 3.05) is 12.4 Å². The molecule has 1 heterocycles. The molecule has 19 heavy (non-hydrogen) atoms. The Morgan fingerprint density at radius 1 is 1.42 bits per heavy atom. The van der Waals surface area contributed by atoms with Gasteiger partial charge in [-0.25, -0.2) is 4.79 Å². The third-order valence-corrected chi connectivity index (χ3v) is 2.85. The second-order valence-electron chi connectivity index (χ2n) is 4.10. The van der Waals surface area contributed by atoms with Gasteiger partial charge >= 0.3 is 5.97 Å². The molecule has 0 bridgehead atoms. The largest absolute Gasteiger partial charge is 0.497 e. The third-order valence-electron chi connectivity index (χ3n) is 2.85. The Morgan fingerprint density at radius 3 is 2.84 bits per heavy atom. The number of carbonyl (C=O) groups is 1. The minimum Gasteiger partial charge on any atom is -0.497 e. The van der Waals surface area contributed by atoms with Crippen LogP contribution >= 0.6 is 0 Å². The molecule has 0 atom stereocenters. The number of aryl methyl sites for hydroxylation is 1. The molecular formula is C14H15NO4. The van der Waals surface area contributed by atoms with E-state index in [-0.39, 0.29) is 5.56 Å². The van der Waals surface area contributed by atoms with Crippen LogP contribution in [0.3, 0.4) is 0 Å². The molecule has 0 aliphatic rings. The molecule has 2 N–H and O–H groups in total. The number of hydrogen-bond donors (Lipinski definition) is 2. The summed E-state index contributed by atoms with van der Waals surface area (Å²) in [5, 5.41) is 12.1. The van der Waals surface area contributed by atoms with Gasteiger partial charge in [-0.15, -0.1) is 0 Å². The molecule has 0 aliphatic carbocycles. The van der Waals surface area contributed by atoms with Gasteiger partial charge in [0.1, 0.15) is 17.1 Å². The topological polar surface area (TPSA) is 71.7 Å². The van der Waals surface area contributed by atoms with Crippen molar-refractivity contribution < 1.29 is 19.1 Å². The molecule has 5 nitrogen and oxygen atoms in total. The second kappa shape index (κ2) is 5.48. The van der Waals surface area contributed by atoms with Gasteiger partial charge in [-0.2, -0.15) is 0 Å². The number of nitrogens with one attached hydrogen (secondary N) is 1. The zero-order valence-corrected chi connectivity index (χ0v) is 10.8. The number of rotatable bonds is 5. The standard InChI is InChI=1S/C14H15NO4/c1-9-7-10(18-2)3-4-12(9)15-8-13-11(14(16)17)5-6-19-13/h3-7,15H,8H2,1-2H3,(H,16,17). The summed E-state index contributed by atoms with van der Waals surface area (Å²) in [6.45, 7) is 2.27. The summed E-state index contributed by atoms with van der Waals surface area (Å²) >= 11 is 0. The van der Waals surface area contributed by atoms with Crippen molar-refractivity contribution >= 4 is 11.7 Å². The monoisotopic (exact) mass is 261 g/mol. The van der Waals surface area contributed by atoms with Crippen molar-refractivity contribution in [3.05, 3.63) is 47.4 Å². The lowest BCUT2D eigenvalue weighted by Gasteiger charge is -2.10. The highest BCUT2D eigenvalue weighted by Gasteiger charge is 2.13. The Morgan fingerprint density at radius 2 is 2.21 bits per heavy atom. The lowest BCUT2D eigenvalue weighted by Crippen LogP contribution is -2.05. The Labute approximate surface area is 110 Å². The highest BCUT2D eigenvalue weighted by molar-refractivity contribution is 5.88. The predicted octanol–water partition coefficient (Wildman–Crippen LogP) is 2.91. The molecule has 2 aromatic rings. The first-order valence-corrected chi connectivity index (χ1v) is 5.80. The van der Waals surface area contributed by atoms with Crippen molar-refractivity contribution in [2.45, 2.75) is 13.5 Å². The highest BCUT2D eigenvalue weighted by Crippen LogP contribution is 2.22. The summed E-state index contributed by atoms with van der Waals surface area (Å²) in [6.07, 6.45) is 1.38. The Hall–Kier alpha value is -2.43. The lowest BCUT2D eigenvalue weighted by atomic mass is 10.2. The van der Waals surface area contributed by atoms with E-state index in [1.165, 1.54) is 12.3 Å². The Kier molecular flexibility index (Phi) is 3.75. The van der Waals surface area contributed by atoms with E-state index < -0.39 is 5.97 Å². The van der Waals surface area contributed by atoms with E-state index in [1.807, 2.05) is 25.1 Å².